The molecule has 3 heterocycles. The topological polar surface area (TPSA) is 71.1 Å². The van der Waals surface area contributed by atoms with Crippen LogP contribution < -0.4 is 10.6 Å². The molecule has 0 amide bonds. The van der Waals surface area contributed by atoms with Gasteiger partial charge in [-0.2, -0.15) is 0 Å². The maximum Gasteiger partial charge on any atom is 0.283 e. The van der Waals surface area contributed by atoms with E-state index in [1.807, 2.05) is 19.2 Å². The number of likely N-dealkylation sites (tertiary alicyclic amines) is 1. The van der Waals surface area contributed by atoms with Crippen molar-refractivity contribution in [2.24, 2.45) is 17.8 Å². The quantitative estimate of drug-likeness (QED) is 0.391. The standard InChI is InChI=1S/C27H31F3N6O/c1-3-26(28,29)14-36-19-6-4-5-18(32-23-16-9-10-35(2)24-22(16)27(23,24)30)17(19)11-20(36)25-34-33-21(37-25)13-31-12-15-7-8-15/h3-6,11,15-16,22-24,31-32H,1,7-10,12-14H2,2H3/t16-,22-,23+,24?,27-/m1/s1. The Bertz CT molecular complexity index is 1370. The van der Waals surface area contributed by atoms with Crippen LogP contribution in [0.4, 0.5) is 18.9 Å². The summed E-state index contributed by atoms with van der Waals surface area (Å²) >= 11 is 0. The Hall–Kier alpha value is -2.85. The second-order valence-electron chi connectivity index (χ2n) is 11.2. The predicted octanol–water partition coefficient (Wildman–Crippen LogP) is 4.46. The number of nitrogens with one attached hydrogen (secondary N) is 2. The second-order valence-corrected chi connectivity index (χ2v) is 11.2. The lowest BCUT2D eigenvalue weighted by molar-refractivity contribution is 0.0380. The molecule has 4 aliphatic rings. The first-order chi connectivity index (χ1) is 17.8. The number of fused-ring (bicyclic) bond motifs is 2. The first kappa shape index (κ1) is 23.3. The van der Waals surface area contributed by atoms with Gasteiger partial charge in [0, 0.05) is 17.0 Å². The van der Waals surface area contributed by atoms with Crippen molar-refractivity contribution in [1.29, 1.82) is 0 Å². The fourth-order valence-corrected chi connectivity index (χ4v) is 6.76. The lowest BCUT2D eigenvalue weighted by Crippen LogP contribution is -2.51. The van der Waals surface area contributed by atoms with Gasteiger partial charge in [-0.15, -0.1) is 10.2 Å². The molecule has 196 valence electrons. The Balaban J connectivity index is 1.23. The van der Waals surface area contributed by atoms with Crippen LogP contribution in [-0.2, 0) is 13.1 Å². The van der Waals surface area contributed by atoms with Gasteiger partial charge in [0.05, 0.1) is 30.7 Å². The minimum atomic E-state index is -3.14. The Morgan fingerprint density at radius 3 is 2.86 bits per heavy atom. The molecule has 2 N–H and O–H groups in total. The van der Waals surface area contributed by atoms with Gasteiger partial charge in [0.2, 0.25) is 5.89 Å². The first-order valence-corrected chi connectivity index (χ1v) is 13.1. The van der Waals surface area contributed by atoms with Crippen molar-refractivity contribution in [1.82, 2.24) is 25.0 Å². The van der Waals surface area contributed by atoms with Crippen molar-refractivity contribution >= 4 is 16.6 Å². The number of anilines is 1. The molecule has 37 heavy (non-hydrogen) atoms. The molecule has 0 bridgehead atoms. The third-order valence-electron chi connectivity index (χ3n) is 8.87. The first-order valence-electron chi connectivity index (χ1n) is 13.1. The van der Waals surface area contributed by atoms with E-state index in [9.17, 15) is 8.78 Å². The number of nitrogens with zero attached hydrogens (tertiary/aromatic N) is 4. The summed E-state index contributed by atoms with van der Waals surface area (Å²) in [4.78, 5) is 2.13. The SMILES string of the molecule is C=CC(F)(F)Cn1c(-c2nnc(CNCC3CC3)o2)cc2c(N[C@H]3[C@@H]4CCN(C)C5[C@@H]4[C@]53F)cccc21. The Labute approximate surface area is 213 Å². The summed E-state index contributed by atoms with van der Waals surface area (Å²) in [6.45, 7) is 4.90. The number of hydrogen-bond donors (Lipinski definition) is 2. The molecule has 3 aromatic rings. The van der Waals surface area contributed by atoms with Crippen LogP contribution >= 0.6 is 0 Å². The highest BCUT2D eigenvalue weighted by Crippen LogP contribution is 2.71. The highest BCUT2D eigenvalue weighted by molar-refractivity contribution is 5.96. The van der Waals surface area contributed by atoms with Crippen molar-refractivity contribution in [3.63, 3.8) is 0 Å². The summed E-state index contributed by atoms with van der Waals surface area (Å²) in [5.41, 5.74) is 0.491. The maximum absolute atomic E-state index is 15.8. The molecule has 4 fully saturated rings. The van der Waals surface area contributed by atoms with Crippen LogP contribution in [0, 0.1) is 17.8 Å². The number of rotatable bonds is 10. The van der Waals surface area contributed by atoms with Crippen LogP contribution in [0.1, 0.15) is 25.2 Å². The molecule has 1 unspecified atom stereocenters. The van der Waals surface area contributed by atoms with Gasteiger partial charge in [-0.25, -0.2) is 13.2 Å². The van der Waals surface area contributed by atoms with Gasteiger partial charge in [-0.3, -0.25) is 4.90 Å². The van der Waals surface area contributed by atoms with Crippen molar-refractivity contribution in [2.75, 3.05) is 25.5 Å². The number of allylic oxidation sites excluding steroid dienone is 1. The molecule has 7 rings (SSSR count). The zero-order chi connectivity index (χ0) is 25.5. The molecule has 0 radical (unpaired) electrons. The van der Waals surface area contributed by atoms with Crippen LogP contribution in [0.3, 0.4) is 0 Å². The average molecular weight is 513 g/mol. The monoisotopic (exact) mass is 512 g/mol. The molecule has 3 aliphatic carbocycles. The summed E-state index contributed by atoms with van der Waals surface area (Å²) in [7, 11) is 1.99. The molecule has 2 aromatic heterocycles. The minimum Gasteiger partial charge on any atom is -0.418 e. The molecule has 5 atom stereocenters. The lowest BCUT2D eigenvalue weighted by atomic mass is 9.75. The van der Waals surface area contributed by atoms with E-state index in [2.05, 4.69) is 32.3 Å². The highest BCUT2D eigenvalue weighted by atomic mass is 19.3. The van der Waals surface area contributed by atoms with E-state index in [-0.39, 0.29) is 29.8 Å². The number of piperidine rings is 1. The lowest BCUT2D eigenvalue weighted by Gasteiger charge is -2.40. The molecular weight excluding hydrogens is 481 g/mol. The van der Waals surface area contributed by atoms with Crippen LogP contribution in [0.5, 0.6) is 0 Å². The largest absolute Gasteiger partial charge is 0.418 e. The van der Waals surface area contributed by atoms with Gasteiger partial charge in [0.15, 0.2) is 5.67 Å². The highest BCUT2D eigenvalue weighted by Gasteiger charge is 2.85. The maximum atomic E-state index is 15.8. The van der Waals surface area contributed by atoms with Crippen molar-refractivity contribution < 1.29 is 17.6 Å². The fourth-order valence-electron chi connectivity index (χ4n) is 6.76. The van der Waals surface area contributed by atoms with E-state index in [1.165, 1.54) is 17.4 Å². The normalized spacial score (nSPS) is 30.7. The summed E-state index contributed by atoms with van der Waals surface area (Å²) in [6.07, 6.45) is 4.07. The van der Waals surface area contributed by atoms with Crippen LogP contribution in [0.15, 0.2) is 41.3 Å². The van der Waals surface area contributed by atoms with E-state index in [0.29, 0.717) is 35.6 Å². The van der Waals surface area contributed by atoms with Crippen LogP contribution in [-0.4, -0.2) is 63.5 Å². The van der Waals surface area contributed by atoms with Gasteiger partial charge in [0.1, 0.15) is 5.69 Å². The van der Waals surface area contributed by atoms with Gasteiger partial charge >= 0.3 is 0 Å². The van der Waals surface area contributed by atoms with E-state index in [4.69, 9.17) is 4.42 Å². The van der Waals surface area contributed by atoms with Gasteiger partial charge in [-0.05, 0) is 75.5 Å². The van der Waals surface area contributed by atoms with Gasteiger partial charge in [0.25, 0.3) is 11.8 Å². The summed E-state index contributed by atoms with van der Waals surface area (Å²) in [5, 5.41) is 15.8. The van der Waals surface area contributed by atoms with E-state index >= 15 is 4.39 Å². The van der Waals surface area contributed by atoms with Crippen LogP contribution in [0.2, 0.25) is 0 Å². The van der Waals surface area contributed by atoms with Crippen molar-refractivity contribution in [3.8, 4) is 11.6 Å². The smallest absolute Gasteiger partial charge is 0.283 e. The third-order valence-corrected chi connectivity index (χ3v) is 8.87. The molecular formula is C27H31F3N6O. The summed E-state index contributed by atoms with van der Waals surface area (Å²) in [6, 6.07) is 6.96. The summed E-state index contributed by atoms with van der Waals surface area (Å²) < 4.78 is 52.3. The molecule has 0 spiro atoms. The Morgan fingerprint density at radius 2 is 2.11 bits per heavy atom. The average Bonchev–Trinajstić information content (AvgIpc) is 3.69. The van der Waals surface area contributed by atoms with E-state index < -0.39 is 18.1 Å². The van der Waals surface area contributed by atoms with Gasteiger partial charge in [-0.1, -0.05) is 12.6 Å². The van der Waals surface area contributed by atoms with Gasteiger partial charge < -0.3 is 19.6 Å². The molecule has 1 aromatic carbocycles. The van der Waals surface area contributed by atoms with E-state index in [0.717, 1.165) is 30.6 Å². The van der Waals surface area contributed by atoms with Crippen molar-refractivity contribution in [2.45, 2.75) is 56.0 Å². The molecule has 3 saturated carbocycles. The Kier molecular flexibility index (Phi) is 5.08. The minimum absolute atomic E-state index is 0.0280. The molecule has 1 aliphatic heterocycles. The third kappa shape index (κ3) is 3.63. The number of halogens is 3. The number of aromatic nitrogens is 3. The van der Waals surface area contributed by atoms with Crippen LogP contribution in [0.25, 0.3) is 22.5 Å². The molecule has 10 heteroatoms. The number of benzene rings is 1. The summed E-state index contributed by atoms with van der Waals surface area (Å²) in [5.74, 6) is -1.46. The molecule has 7 nitrogen and oxygen atoms in total. The predicted molar refractivity (Wildman–Crippen MR) is 134 cm³/mol. The second kappa shape index (κ2) is 8.07. The zero-order valence-electron chi connectivity index (χ0n) is 20.8. The zero-order valence-corrected chi connectivity index (χ0v) is 20.8. The number of alkyl halides is 3. The van der Waals surface area contributed by atoms with E-state index in [1.54, 1.807) is 12.1 Å². The molecule has 1 saturated heterocycles. The fraction of sp³-hybridized carbons (Fsp3) is 0.556. The Morgan fingerprint density at radius 1 is 1.27 bits per heavy atom. The van der Waals surface area contributed by atoms with Crippen molar-refractivity contribution in [3.05, 3.63) is 42.8 Å². The number of hydrogen-bond acceptors (Lipinski definition) is 6.